The van der Waals surface area contributed by atoms with Gasteiger partial charge in [-0.3, -0.25) is 0 Å². The Morgan fingerprint density at radius 3 is 1.75 bits per heavy atom. The van der Waals surface area contributed by atoms with E-state index in [4.69, 9.17) is 5.11 Å². The molecular weight excluding hydrogens is 102 g/mol. The standard InChI is InChI=1S/C3H9NO.C3H8/c1-4-2-3-5;1-3-2/h4-5H,2-3H2,1H3;3H2,1-2H3. The average Bonchev–Trinajstić information content (AvgIpc) is 1.71. The van der Waals surface area contributed by atoms with Crippen molar-refractivity contribution in [1.29, 1.82) is 0 Å². The zero-order chi connectivity index (χ0) is 6.83. The number of hydrogen-bond acceptors (Lipinski definition) is 2. The highest BCUT2D eigenvalue weighted by Gasteiger charge is 1.65. The maximum Gasteiger partial charge on any atom is 0.0555 e. The third kappa shape index (κ3) is 38.9. The van der Waals surface area contributed by atoms with E-state index in [2.05, 4.69) is 19.2 Å². The Labute approximate surface area is 51.9 Å². The van der Waals surface area contributed by atoms with E-state index in [1.807, 2.05) is 0 Å². The summed E-state index contributed by atoms with van der Waals surface area (Å²) in [6.45, 7) is 5.18. The minimum absolute atomic E-state index is 0.233. The van der Waals surface area contributed by atoms with Crippen molar-refractivity contribution >= 4 is 0 Å². The summed E-state index contributed by atoms with van der Waals surface area (Å²) in [7, 11) is 1.80. The fraction of sp³-hybridized carbons (Fsp3) is 1.00. The van der Waals surface area contributed by atoms with Crippen molar-refractivity contribution in [3.63, 3.8) is 0 Å². The summed E-state index contributed by atoms with van der Waals surface area (Å²) in [5.74, 6) is 0. The van der Waals surface area contributed by atoms with Crippen molar-refractivity contribution in [2.45, 2.75) is 20.3 Å². The molecule has 0 heterocycles. The number of hydrogen-bond donors (Lipinski definition) is 2. The van der Waals surface area contributed by atoms with Crippen LogP contribution >= 0.6 is 0 Å². The molecular formula is C6H17NO. The molecule has 2 heteroatoms. The van der Waals surface area contributed by atoms with E-state index < -0.39 is 0 Å². The van der Waals surface area contributed by atoms with Gasteiger partial charge in [-0.15, -0.1) is 0 Å². The number of aliphatic hydroxyl groups is 1. The first-order chi connectivity index (χ1) is 3.83. The summed E-state index contributed by atoms with van der Waals surface area (Å²) in [6.07, 6.45) is 1.25. The normalized spacial score (nSPS) is 7.50. The highest BCUT2D eigenvalue weighted by atomic mass is 16.3. The monoisotopic (exact) mass is 119 g/mol. The predicted molar refractivity (Wildman–Crippen MR) is 37.0 cm³/mol. The van der Waals surface area contributed by atoms with Gasteiger partial charge in [0.25, 0.3) is 0 Å². The fourth-order valence-electron chi connectivity index (χ4n) is 0.112. The van der Waals surface area contributed by atoms with Gasteiger partial charge >= 0.3 is 0 Å². The molecule has 0 rings (SSSR count). The summed E-state index contributed by atoms with van der Waals surface area (Å²) in [4.78, 5) is 0. The van der Waals surface area contributed by atoms with E-state index in [0.717, 1.165) is 0 Å². The van der Waals surface area contributed by atoms with Gasteiger partial charge in [0.05, 0.1) is 6.61 Å². The SMILES string of the molecule is CCC.CNCCO. The summed E-state index contributed by atoms with van der Waals surface area (Å²) in [6, 6.07) is 0. The van der Waals surface area contributed by atoms with Gasteiger partial charge in [-0.1, -0.05) is 20.3 Å². The van der Waals surface area contributed by atoms with Crippen molar-refractivity contribution in [1.82, 2.24) is 5.32 Å². The lowest BCUT2D eigenvalue weighted by atomic mass is 10.6. The Balaban J connectivity index is 0. The van der Waals surface area contributed by atoms with E-state index in [1.54, 1.807) is 7.05 Å². The molecule has 0 radical (unpaired) electrons. The second kappa shape index (κ2) is 15.8. The molecule has 0 aromatic carbocycles. The van der Waals surface area contributed by atoms with Crippen molar-refractivity contribution in [3.8, 4) is 0 Å². The van der Waals surface area contributed by atoms with Crippen molar-refractivity contribution in [2.75, 3.05) is 20.2 Å². The Bertz CT molecular complexity index is 22.5. The van der Waals surface area contributed by atoms with E-state index in [0.29, 0.717) is 6.54 Å². The van der Waals surface area contributed by atoms with Gasteiger partial charge in [0.15, 0.2) is 0 Å². The lowest BCUT2D eigenvalue weighted by Gasteiger charge is -1.84. The van der Waals surface area contributed by atoms with Gasteiger partial charge < -0.3 is 10.4 Å². The largest absolute Gasteiger partial charge is 0.395 e. The van der Waals surface area contributed by atoms with Crippen LogP contribution in [0.1, 0.15) is 20.3 Å². The zero-order valence-corrected chi connectivity index (χ0v) is 6.07. The Hall–Kier alpha value is -0.0800. The van der Waals surface area contributed by atoms with Gasteiger partial charge in [-0.2, -0.15) is 0 Å². The van der Waals surface area contributed by atoms with E-state index in [9.17, 15) is 0 Å². The molecule has 0 aliphatic carbocycles. The van der Waals surface area contributed by atoms with Crippen LogP contribution in [0.5, 0.6) is 0 Å². The number of aliphatic hydroxyl groups excluding tert-OH is 1. The summed E-state index contributed by atoms with van der Waals surface area (Å²) >= 11 is 0. The van der Waals surface area contributed by atoms with Crippen LogP contribution in [0.4, 0.5) is 0 Å². The molecule has 0 aliphatic heterocycles. The number of nitrogens with one attached hydrogen (secondary N) is 1. The summed E-state index contributed by atoms with van der Waals surface area (Å²) in [5.41, 5.74) is 0. The quantitative estimate of drug-likeness (QED) is 0.558. The van der Waals surface area contributed by atoms with Crippen LogP contribution in [0.2, 0.25) is 0 Å². The van der Waals surface area contributed by atoms with Crippen molar-refractivity contribution < 1.29 is 5.11 Å². The minimum Gasteiger partial charge on any atom is -0.395 e. The second-order valence-corrected chi connectivity index (χ2v) is 1.53. The molecule has 0 bridgehead atoms. The fourth-order valence-corrected chi connectivity index (χ4v) is 0.112. The van der Waals surface area contributed by atoms with Crippen molar-refractivity contribution in [3.05, 3.63) is 0 Å². The van der Waals surface area contributed by atoms with E-state index in [1.165, 1.54) is 6.42 Å². The molecule has 0 saturated carbocycles. The Morgan fingerprint density at radius 2 is 1.75 bits per heavy atom. The molecule has 2 N–H and O–H groups in total. The van der Waals surface area contributed by atoms with Crippen LogP contribution in [0.25, 0.3) is 0 Å². The molecule has 8 heavy (non-hydrogen) atoms. The van der Waals surface area contributed by atoms with Crippen LogP contribution in [-0.2, 0) is 0 Å². The van der Waals surface area contributed by atoms with E-state index >= 15 is 0 Å². The Morgan fingerprint density at radius 1 is 1.38 bits per heavy atom. The van der Waals surface area contributed by atoms with Gasteiger partial charge in [0.1, 0.15) is 0 Å². The number of likely N-dealkylation sites (N-methyl/N-ethyl adjacent to an activating group) is 1. The average molecular weight is 119 g/mol. The molecule has 0 aromatic heterocycles. The first kappa shape index (κ1) is 10.8. The molecule has 0 saturated heterocycles. The summed E-state index contributed by atoms with van der Waals surface area (Å²) < 4.78 is 0. The molecule has 2 nitrogen and oxygen atoms in total. The van der Waals surface area contributed by atoms with Crippen LogP contribution in [-0.4, -0.2) is 25.3 Å². The molecule has 0 amide bonds. The third-order valence-corrected chi connectivity index (χ3v) is 0.362. The van der Waals surface area contributed by atoms with E-state index in [-0.39, 0.29) is 6.61 Å². The molecule has 0 aliphatic rings. The van der Waals surface area contributed by atoms with Crippen LogP contribution in [0.15, 0.2) is 0 Å². The first-order valence-electron chi connectivity index (χ1n) is 3.08. The molecule has 0 unspecified atom stereocenters. The Kier molecular flexibility index (Phi) is 21.3. The highest BCUT2D eigenvalue weighted by molar-refractivity contribution is 4.27. The van der Waals surface area contributed by atoms with Crippen LogP contribution < -0.4 is 5.32 Å². The molecule has 0 atom stereocenters. The van der Waals surface area contributed by atoms with Gasteiger partial charge in [0.2, 0.25) is 0 Å². The maximum atomic E-state index is 8.00. The number of rotatable bonds is 2. The van der Waals surface area contributed by atoms with Gasteiger partial charge in [0, 0.05) is 6.54 Å². The molecule has 0 spiro atoms. The predicted octanol–water partition coefficient (Wildman–Crippen LogP) is 0.614. The smallest absolute Gasteiger partial charge is 0.0555 e. The van der Waals surface area contributed by atoms with Crippen molar-refractivity contribution in [2.24, 2.45) is 0 Å². The maximum absolute atomic E-state index is 8.00. The second-order valence-electron chi connectivity index (χ2n) is 1.53. The lowest BCUT2D eigenvalue weighted by molar-refractivity contribution is 0.296. The first-order valence-corrected chi connectivity index (χ1v) is 3.08. The topological polar surface area (TPSA) is 32.3 Å². The molecule has 0 fully saturated rings. The molecule has 52 valence electrons. The molecule has 0 aromatic rings. The van der Waals surface area contributed by atoms with Crippen LogP contribution in [0, 0.1) is 0 Å². The summed E-state index contributed by atoms with van der Waals surface area (Å²) in [5, 5.41) is 10.8. The highest BCUT2D eigenvalue weighted by Crippen LogP contribution is 1.56. The van der Waals surface area contributed by atoms with Crippen LogP contribution in [0.3, 0.4) is 0 Å². The zero-order valence-electron chi connectivity index (χ0n) is 6.07. The van der Waals surface area contributed by atoms with Gasteiger partial charge in [-0.05, 0) is 7.05 Å². The van der Waals surface area contributed by atoms with Gasteiger partial charge in [-0.25, -0.2) is 0 Å². The lowest BCUT2D eigenvalue weighted by Crippen LogP contribution is -2.10. The third-order valence-electron chi connectivity index (χ3n) is 0.362. The minimum atomic E-state index is 0.233.